The van der Waals surface area contributed by atoms with Gasteiger partial charge in [-0.3, -0.25) is 4.79 Å². The van der Waals surface area contributed by atoms with Crippen molar-refractivity contribution in [3.8, 4) is 0 Å². The summed E-state index contributed by atoms with van der Waals surface area (Å²) >= 11 is 3.44. The largest absolute Gasteiger partial charge is 0.370 e. The third-order valence-corrected chi connectivity index (χ3v) is 4.32. The third-order valence-electron chi connectivity index (χ3n) is 3.63. The number of rotatable bonds is 2. The minimum atomic E-state index is -0.0496. The van der Waals surface area contributed by atoms with E-state index in [0.717, 1.165) is 10.0 Å². The maximum Gasteiger partial charge on any atom is 0.255 e. The molecule has 1 atom stereocenters. The van der Waals surface area contributed by atoms with Crippen LogP contribution in [0, 0.1) is 0 Å². The number of amides is 1. The minimum absolute atomic E-state index is 0.0479. The van der Waals surface area contributed by atoms with Crippen LogP contribution in [-0.2, 0) is 4.74 Å². The van der Waals surface area contributed by atoms with E-state index in [1.807, 2.05) is 59.5 Å². The summed E-state index contributed by atoms with van der Waals surface area (Å²) in [6, 6.07) is 17.6. The normalized spacial score (nSPS) is 18.5. The third kappa shape index (κ3) is 3.17. The summed E-state index contributed by atoms with van der Waals surface area (Å²) in [4.78, 5) is 14.5. The van der Waals surface area contributed by atoms with Crippen LogP contribution in [0.5, 0.6) is 0 Å². The quantitative estimate of drug-likeness (QED) is 0.831. The Kier molecular flexibility index (Phi) is 4.36. The van der Waals surface area contributed by atoms with Crippen molar-refractivity contribution in [2.75, 3.05) is 19.7 Å². The van der Waals surface area contributed by atoms with Gasteiger partial charge in [-0.25, -0.2) is 0 Å². The molecule has 21 heavy (non-hydrogen) atoms. The fraction of sp³-hybridized carbons (Fsp3) is 0.235. The highest BCUT2D eigenvalue weighted by atomic mass is 79.9. The van der Waals surface area contributed by atoms with Gasteiger partial charge in [-0.2, -0.15) is 0 Å². The predicted octanol–water partition coefficient (Wildman–Crippen LogP) is 3.66. The number of carbonyl (C=O) groups excluding carboxylic acids is 1. The molecule has 0 radical (unpaired) electrons. The molecule has 0 unspecified atom stereocenters. The number of halogens is 1. The van der Waals surface area contributed by atoms with Gasteiger partial charge in [-0.15, -0.1) is 0 Å². The molecule has 108 valence electrons. The summed E-state index contributed by atoms with van der Waals surface area (Å²) in [5.41, 5.74) is 1.81. The van der Waals surface area contributed by atoms with Gasteiger partial charge in [-0.1, -0.05) is 42.5 Å². The molecule has 3 rings (SSSR count). The summed E-state index contributed by atoms with van der Waals surface area (Å²) in [6.07, 6.45) is -0.0496. The number of hydrogen-bond donors (Lipinski definition) is 0. The lowest BCUT2D eigenvalue weighted by Crippen LogP contribution is -2.42. The Morgan fingerprint density at radius 2 is 1.81 bits per heavy atom. The zero-order valence-electron chi connectivity index (χ0n) is 11.5. The number of benzene rings is 2. The van der Waals surface area contributed by atoms with Crippen molar-refractivity contribution in [2.45, 2.75) is 6.10 Å². The summed E-state index contributed by atoms with van der Waals surface area (Å²) in [7, 11) is 0. The highest BCUT2D eigenvalue weighted by Gasteiger charge is 2.26. The first-order valence-corrected chi connectivity index (χ1v) is 7.75. The lowest BCUT2D eigenvalue weighted by molar-refractivity contribution is -0.0228. The zero-order valence-corrected chi connectivity index (χ0v) is 13.1. The van der Waals surface area contributed by atoms with Gasteiger partial charge in [0.25, 0.3) is 5.91 Å². The molecule has 2 aromatic rings. The van der Waals surface area contributed by atoms with E-state index in [4.69, 9.17) is 4.74 Å². The molecule has 0 spiro atoms. The first kappa shape index (κ1) is 14.3. The second-order valence-corrected chi connectivity index (χ2v) is 5.86. The predicted molar refractivity (Wildman–Crippen MR) is 85.2 cm³/mol. The van der Waals surface area contributed by atoms with Crippen molar-refractivity contribution >= 4 is 21.8 Å². The van der Waals surface area contributed by atoms with E-state index in [1.165, 1.54) is 0 Å². The van der Waals surface area contributed by atoms with Crippen LogP contribution in [0.15, 0.2) is 59.1 Å². The molecule has 4 heteroatoms. The van der Waals surface area contributed by atoms with Crippen molar-refractivity contribution in [2.24, 2.45) is 0 Å². The van der Waals surface area contributed by atoms with E-state index < -0.39 is 0 Å². The molecule has 1 saturated heterocycles. The van der Waals surface area contributed by atoms with Crippen LogP contribution in [0.3, 0.4) is 0 Å². The van der Waals surface area contributed by atoms with Crippen molar-refractivity contribution in [1.29, 1.82) is 0 Å². The van der Waals surface area contributed by atoms with E-state index >= 15 is 0 Å². The van der Waals surface area contributed by atoms with Gasteiger partial charge < -0.3 is 9.64 Å². The number of morpholine rings is 1. The van der Waals surface area contributed by atoms with Crippen LogP contribution >= 0.6 is 15.9 Å². The van der Waals surface area contributed by atoms with Gasteiger partial charge in [-0.05, 0) is 33.6 Å². The van der Waals surface area contributed by atoms with Crippen LogP contribution in [0.1, 0.15) is 22.0 Å². The molecule has 0 aliphatic carbocycles. The highest BCUT2D eigenvalue weighted by Crippen LogP contribution is 2.25. The fourth-order valence-corrected chi connectivity index (χ4v) is 2.96. The molecule has 1 aliphatic rings. The fourth-order valence-electron chi connectivity index (χ4n) is 2.51. The lowest BCUT2D eigenvalue weighted by Gasteiger charge is -2.33. The Labute approximate surface area is 132 Å². The molecule has 2 aromatic carbocycles. The van der Waals surface area contributed by atoms with Crippen LogP contribution in [-0.4, -0.2) is 30.5 Å². The maximum atomic E-state index is 12.6. The van der Waals surface area contributed by atoms with Gasteiger partial charge in [0.15, 0.2) is 0 Å². The average molecular weight is 346 g/mol. The van der Waals surface area contributed by atoms with Crippen molar-refractivity contribution in [3.63, 3.8) is 0 Å². The minimum Gasteiger partial charge on any atom is -0.370 e. The molecule has 3 nitrogen and oxygen atoms in total. The number of ether oxygens (including phenoxy) is 1. The van der Waals surface area contributed by atoms with Gasteiger partial charge in [0.2, 0.25) is 0 Å². The van der Waals surface area contributed by atoms with Crippen LogP contribution in [0.25, 0.3) is 0 Å². The Morgan fingerprint density at radius 3 is 2.57 bits per heavy atom. The van der Waals surface area contributed by atoms with E-state index in [-0.39, 0.29) is 12.0 Å². The van der Waals surface area contributed by atoms with E-state index in [1.54, 1.807) is 0 Å². The number of nitrogens with zero attached hydrogens (tertiary/aromatic N) is 1. The van der Waals surface area contributed by atoms with Gasteiger partial charge in [0, 0.05) is 11.0 Å². The van der Waals surface area contributed by atoms with E-state index in [2.05, 4.69) is 15.9 Å². The van der Waals surface area contributed by atoms with Crippen molar-refractivity contribution < 1.29 is 9.53 Å². The topological polar surface area (TPSA) is 29.5 Å². The van der Waals surface area contributed by atoms with Crippen LogP contribution in [0.4, 0.5) is 0 Å². The van der Waals surface area contributed by atoms with Gasteiger partial charge in [0.05, 0.1) is 18.7 Å². The standard InChI is InChI=1S/C17H16BrNO2/c18-15-9-5-4-8-14(15)17(20)19-10-11-21-16(12-19)13-6-2-1-3-7-13/h1-9,16H,10-12H2/t16-/m1/s1. The smallest absolute Gasteiger partial charge is 0.255 e. The highest BCUT2D eigenvalue weighted by molar-refractivity contribution is 9.10. The zero-order chi connectivity index (χ0) is 14.7. The first-order chi connectivity index (χ1) is 10.3. The molecule has 0 aromatic heterocycles. The second-order valence-electron chi connectivity index (χ2n) is 5.00. The van der Waals surface area contributed by atoms with Gasteiger partial charge in [0.1, 0.15) is 6.10 Å². The summed E-state index contributed by atoms with van der Waals surface area (Å²) in [5.74, 6) is 0.0479. The van der Waals surface area contributed by atoms with E-state index in [0.29, 0.717) is 25.3 Å². The first-order valence-electron chi connectivity index (χ1n) is 6.96. The SMILES string of the molecule is O=C(c1ccccc1Br)N1CCO[C@@H](c2ccccc2)C1. The number of carbonyl (C=O) groups is 1. The summed E-state index contributed by atoms with van der Waals surface area (Å²) in [6.45, 7) is 1.78. The van der Waals surface area contributed by atoms with Gasteiger partial charge >= 0.3 is 0 Å². The molecular formula is C17H16BrNO2. The van der Waals surface area contributed by atoms with Crippen molar-refractivity contribution in [1.82, 2.24) is 4.90 Å². The molecular weight excluding hydrogens is 330 g/mol. The molecule has 0 saturated carbocycles. The van der Waals surface area contributed by atoms with Crippen molar-refractivity contribution in [3.05, 3.63) is 70.2 Å². The number of hydrogen-bond acceptors (Lipinski definition) is 2. The molecule has 0 N–H and O–H groups in total. The lowest BCUT2D eigenvalue weighted by atomic mass is 10.1. The maximum absolute atomic E-state index is 12.6. The van der Waals surface area contributed by atoms with Crippen LogP contribution < -0.4 is 0 Å². The molecule has 0 bridgehead atoms. The molecule has 1 fully saturated rings. The summed E-state index contributed by atoms with van der Waals surface area (Å²) in [5, 5.41) is 0. The molecule has 1 heterocycles. The van der Waals surface area contributed by atoms with E-state index in [9.17, 15) is 4.79 Å². The Hall–Kier alpha value is -1.65. The summed E-state index contributed by atoms with van der Waals surface area (Å²) < 4.78 is 6.64. The Bertz CT molecular complexity index is 630. The Balaban J connectivity index is 1.77. The monoisotopic (exact) mass is 345 g/mol. The van der Waals surface area contributed by atoms with Crippen LogP contribution in [0.2, 0.25) is 0 Å². The molecule has 1 aliphatic heterocycles. The second kappa shape index (κ2) is 6.41. The average Bonchev–Trinajstić information content (AvgIpc) is 2.56. The Morgan fingerprint density at radius 1 is 1.10 bits per heavy atom. The molecule has 1 amide bonds.